The Balaban J connectivity index is 0.00000144. The molecule has 1 saturated carbocycles. The molecule has 1 unspecified atom stereocenters. The highest BCUT2D eigenvalue weighted by Gasteiger charge is 2.48. The fourth-order valence-electron chi connectivity index (χ4n) is 2.62. The summed E-state index contributed by atoms with van der Waals surface area (Å²) in [7, 11) is 0. The van der Waals surface area contributed by atoms with Gasteiger partial charge in [-0.3, -0.25) is 0 Å². The van der Waals surface area contributed by atoms with Crippen LogP contribution in [0.3, 0.4) is 0 Å². The van der Waals surface area contributed by atoms with Crippen LogP contribution >= 0.6 is 12.4 Å². The largest absolute Gasteiger partial charge is 0.444 e. The molecular weight excluding hydrogens is 240 g/mol. The number of ether oxygens (including phenoxy) is 1. The van der Waals surface area contributed by atoms with E-state index in [-0.39, 0.29) is 24.5 Å². The third-order valence-corrected chi connectivity index (χ3v) is 3.61. The van der Waals surface area contributed by atoms with Crippen molar-refractivity contribution in [2.45, 2.75) is 51.7 Å². The number of carbonyl (C=O) groups excluding carboxylic acids is 1. The van der Waals surface area contributed by atoms with E-state index in [1.807, 2.05) is 20.8 Å². The summed E-state index contributed by atoms with van der Waals surface area (Å²) in [6.45, 7) is 7.57. The predicted octanol–water partition coefficient (Wildman–Crippen LogP) is 2.07. The topological polar surface area (TPSA) is 50.4 Å². The van der Waals surface area contributed by atoms with Crippen molar-refractivity contribution < 1.29 is 9.53 Å². The summed E-state index contributed by atoms with van der Waals surface area (Å²) in [6, 6.07) is 0.246. The molecule has 5 heteroatoms. The maximum atomic E-state index is 11.7. The highest BCUT2D eigenvalue weighted by molar-refractivity contribution is 5.85. The summed E-state index contributed by atoms with van der Waals surface area (Å²) in [6.07, 6.45) is 3.45. The summed E-state index contributed by atoms with van der Waals surface area (Å²) in [4.78, 5) is 11.7. The number of hydrogen-bond donors (Lipinski definition) is 2. The zero-order valence-electron chi connectivity index (χ0n) is 10.8. The molecule has 2 aliphatic rings. The molecule has 1 atom stereocenters. The maximum Gasteiger partial charge on any atom is 0.407 e. The van der Waals surface area contributed by atoms with E-state index >= 15 is 0 Å². The smallest absolute Gasteiger partial charge is 0.407 e. The Morgan fingerprint density at radius 2 is 2.06 bits per heavy atom. The zero-order valence-corrected chi connectivity index (χ0v) is 11.7. The molecule has 2 N–H and O–H groups in total. The van der Waals surface area contributed by atoms with E-state index in [9.17, 15) is 4.79 Å². The summed E-state index contributed by atoms with van der Waals surface area (Å²) in [5.74, 6) is 0. The van der Waals surface area contributed by atoms with Gasteiger partial charge in [0.05, 0.1) is 6.04 Å². The van der Waals surface area contributed by atoms with Crippen LogP contribution < -0.4 is 10.6 Å². The van der Waals surface area contributed by atoms with Crippen LogP contribution in [0.1, 0.15) is 40.0 Å². The number of hydrogen-bond acceptors (Lipinski definition) is 3. The van der Waals surface area contributed by atoms with E-state index in [2.05, 4.69) is 10.6 Å². The Hall–Kier alpha value is -0.480. The third-order valence-electron chi connectivity index (χ3n) is 3.61. The summed E-state index contributed by atoms with van der Waals surface area (Å²) in [5, 5.41) is 6.37. The van der Waals surface area contributed by atoms with Gasteiger partial charge in [-0.2, -0.15) is 0 Å². The standard InChI is InChI=1S/C12H22N2O2.ClH/c1-11(2,3)16-10(15)14-9-7-13-8-12(9)5-4-6-12;/h9,13H,4-8H2,1-3H3,(H,14,15);1H. The fraction of sp³-hybridized carbons (Fsp3) is 0.917. The van der Waals surface area contributed by atoms with Crippen molar-refractivity contribution >= 4 is 18.5 Å². The Bertz CT molecular complexity index is 285. The first-order valence-corrected chi connectivity index (χ1v) is 6.12. The van der Waals surface area contributed by atoms with Gasteiger partial charge in [0.25, 0.3) is 0 Å². The van der Waals surface area contributed by atoms with Crippen LogP contribution in [0, 0.1) is 5.41 Å². The number of carbonyl (C=O) groups is 1. The quantitative estimate of drug-likeness (QED) is 0.761. The first-order chi connectivity index (χ1) is 7.41. The van der Waals surface area contributed by atoms with Crippen molar-refractivity contribution in [3.63, 3.8) is 0 Å². The van der Waals surface area contributed by atoms with E-state index in [1.54, 1.807) is 0 Å². The molecule has 0 aromatic carbocycles. The first kappa shape index (κ1) is 14.6. The summed E-state index contributed by atoms with van der Waals surface area (Å²) >= 11 is 0. The number of amides is 1. The molecule has 0 aromatic heterocycles. The Morgan fingerprint density at radius 3 is 2.53 bits per heavy atom. The monoisotopic (exact) mass is 262 g/mol. The number of alkyl carbamates (subject to hydrolysis) is 1. The van der Waals surface area contributed by atoms with Gasteiger partial charge < -0.3 is 15.4 Å². The molecule has 1 saturated heterocycles. The van der Waals surface area contributed by atoms with E-state index in [4.69, 9.17) is 4.74 Å². The third kappa shape index (κ3) is 3.26. The van der Waals surface area contributed by atoms with E-state index < -0.39 is 5.60 Å². The van der Waals surface area contributed by atoms with Crippen LogP contribution in [0.25, 0.3) is 0 Å². The Morgan fingerprint density at radius 1 is 1.41 bits per heavy atom. The second-order valence-corrected chi connectivity index (χ2v) is 6.05. The summed E-state index contributed by atoms with van der Waals surface area (Å²) in [5.41, 5.74) is -0.0974. The molecule has 0 radical (unpaired) electrons. The minimum absolute atomic E-state index is 0. The van der Waals surface area contributed by atoms with Gasteiger partial charge in [-0.1, -0.05) is 6.42 Å². The molecule has 100 valence electrons. The first-order valence-electron chi connectivity index (χ1n) is 6.12. The highest BCUT2D eigenvalue weighted by Crippen LogP contribution is 2.45. The normalized spacial score (nSPS) is 25.9. The van der Waals surface area contributed by atoms with Gasteiger partial charge in [0.15, 0.2) is 0 Å². The van der Waals surface area contributed by atoms with Crippen LogP contribution in [0.4, 0.5) is 4.79 Å². The second-order valence-electron chi connectivity index (χ2n) is 6.05. The van der Waals surface area contributed by atoms with Crippen LogP contribution in [-0.4, -0.2) is 30.8 Å². The molecule has 17 heavy (non-hydrogen) atoms. The van der Waals surface area contributed by atoms with Gasteiger partial charge in [0.2, 0.25) is 0 Å². The van der Waals surface area contributed by atoms with Gasteiger partial charge in [-0.25, -0.2) is 4.79 Å². The van der Waals surface area contributed by atoms with E-state index in [0.717, 1.165) is 13.1 Å². The molecule has 2 rings (SSSR count). The van der Waals surface area contributed by atoms with Crippen LogP contribution in [0.2, 0.25) is 0 Å². The molecule has 1 spiro atoms. The lowest BCUT2D eigenvalue weighted by atomic mass is 9.66. The molecule has 4 nitrogen and oxygen atoms in total. The van der Waals surface area contributed by atoms with E-state index in [1.165, 1.54) is 19.3 Å². The molecule has 1 heterocycles. The lowest BCUT2D eigenvalue weighted by molar-refractivity contribution is 0.0406. The summed E-state index contributed by atoms with van der Waals surface area (Å²) < 4.78 is 5.28. The Kier molecular flexibility index (Phi) is 4.31. The average Bonchev–Trinajstić information content (AvgIpc) is 2.42. The molecule has 2 fully saturated rings. The SMILES string of the molecule is CC(C)(C)OC(=O)NC1CNCC12CCC2.Cl. The van der Waals surface area contributed by atoms with Gasteiger partial charge in [0.1, 0.15) is 5.60 Å². The van der Waals surface area contributed by atoms with E-state index in [0.29, 0.717) is 5.41 Å². The minimum atomic E-state index is -0.414. The minimum Gasteiger partial charge on any atom is -0.444 e. The predicted molar refractivity (Wildman–Crippen MR) is 69.6 cm³/mol. The van der Waals surface area contributed by atoms with Gasteiger partial charge in [0, 0.05) is 18.5 Å². The van der Waals surface area contributed by atoms with Gasteiger partial charge >= 0.3 is 6.09 Å². The zero-order chi connectivity index (χ0) is 11.8. The lowest BCUT2D eigenvalue weighted by Crippen LogP contribution is -2.51. The lowest BCUT2D eigenvalue weighted by Gasteiger charge is -2.42. The highest BCUT2D eigenvalue weighted by atomic mass is 35.5. The average molecular weight is 263 g/mol. The molecule has 1 amide bonds. The molecule has 1 aliphatic carbocycles. The molecule has 0 bridgehead atoms. The second kappa shape index (κ2) is 5.02. The Labute approximate surface area is 109 Å². The van der Waals surface area contributed by atoms with Crippen molar-refractivity contribution in [2.24, 2.45) is 5.41 Å². The van der Waals surface area contributed by atoms with Gasteiger partial charge in [-0.15, -0.1) is 12.4 Å². The molecule has 0 aromatic rings. The van der Waals surface area contributed by atoms with Crippen molar-refractivity contribution in [1.82, 2.24) is 10.6 Å². The number of nitrogens with one attached hydrogen (secondary N) is 2. The van der Waals surface area contributed by atoms with Crippen molar-refractivity contribution in [3.05, 3.63) is 0 Å². The van der Waals surface area contributed by atoms with Crippen LogP contribution in [-0.2, 0) is 4.74 Å². The number of halogens is 1. The molecule has 1 aliphatic heterocycles. The number of rotatable bonds is 1. The van der Waals surface area contributed by atoms with Crippen molar-refractivity contribution in [3.8, 4) is 0 Å². The van der Waals surface area contributed by atoms with Crippen LogP contribution in [0.5, 0.6) is 0 Å². The van der Waals surface area contributed by atoms with Crippen molar-refractivity contribution in [2.75, 3.05) is 13.1 Å². The fourth-order valence-corrected chi connectivity index (χ4v) is 2.62. The van der Waals surface area contributed by atoms with Crippen molar-refractivity contribution in [1.29, 1.82) is 0 Å². The van der Waals surface area contributed by atoms with Gasteiger partial charge in [-0.05, 0) is 33.6 Å². The maximum absolute atomic E-state index is 11.7. The molecular formula is C12H23ClN2O2. The van der Waals surface area contributed by atoms with Crippen LogP contribution in [0.15, 0.2) is 0 Å².